The van der Waals surface area contributed by atoms with E-state index in [0.29, 0.717) is 18.7 Å². The molecule has 0 atom stereocenters. The van der Waals surface area contributed by atoms with Gasteiger partial charge in [0.05, 0.1) is 17.6 Å². The number of benzene rings is 2. The summed E-state index contributed by atoms with van der Waals surface area (Å²) in [5.74, 6) is 1.95. The van der Waals surface area contributed by atoms with Gasteiger partial charge in [-0.3, -0.25) is 4.79 Å². The Morgan fingerprint density at radius 1 is 1.13 bits per heavy atom. The van der Waals surface area contributed by atoms with Crippen LogP contribution in [0.2, 0.25) is 0 Å². The van der Waals surface area contributed by atoms with Gasteiger partial charge in [0.2, 0.25) is 5.91 Å². The van der Waals surface area contributed by atoms with E-state index in [1.54, 1.807) is 6.92 Å². The number of ether oxygens (including phenoxy) is 1. The first kappa shape index (κ1) is 22.6. The Kier molecular flexibility index (Phi) is 7.88. The quantitative estimate of drug-likeness (QED) is 0.346. The van der Waals surface area contributed by atoms with Gasteiger partial charge in [-0.2, -0.15) is 0 Å². The fourth-order valence-corrected chi connectivity index (χ4v) is 3.68. The summed E-state index contributed by atoms with van der Waals surface area (Å²) < 4.78 is 8.29. The van der Waals surface area contributed by atoms with E-state index in [0.717, 1.165) is 49.3 Å². The summed E-state index contributed by atoms with van der Waals surface area (Å²) in [5, 5.41) is 2.90. The fourth-order valence-electron chi connectivity index (χ4n) is 3.68. The van der Waals surface area contributed by atoms with Gasteiger partial charge >= 0.3 is 0 Å². The van der Waals surface area contributed by atoms with Gasteiger partial charge in [-0.05, 0) is 63.8 Å². The number of nitrogens with zero attached hydrogens (tertiary/aromatic N) is 2. The standard InChI is InChI=1S/C26H33N3O2/c1-19(2)26(30)27-15-9-12-25-28-22-10-5-6-11-23(22)29(25)16-7-8-17-31-24-14-13-20(3)18-21(24)4/h5-6,10-11,13-14,18H,1,7-9,12,15-17H2,2-4H3,(H,27,30). The molecular weight excluding hydrogens is 386 g/mol. The first-order valence-electron chi connectivity index (χ1n) is 11.0. The van der Waals surface area contributed by atoms with Crippen LogP contribution in [0, 0.1) is 13.8 Å². The van der Waals surface area contributed by atoms with Gasteiger partial charge in [-0.25, -0.2) is 4.98 Å². The SMILES string of the molecule is C=C(C)C(=O)NCCCc1nc2ccccc2n1CCCCOc1ccc(C)cc1C. The average molecular weight is 420 g/mol. The van der Waals surface area contributed by atoms with E-state index in [1.807, 2.05) is 6.07 Å². The van der Waals surface area contributed by atoms with Crippen LogP contribution in [0.1, 0.15) is 43.1 Å². The van der Waals surface area contributed by atoms with Crippen LogP contribution in [0.4, 0.5) is 0 Å². The van der Waals surface area contributed by atoms with Crippen molar-refractivity contribution in [2.24, 2.45) is 0 Å². The number of aromatic nitrogens is 2. The highest BCUT2D eigenvalue weighted by Crippen LogP contribution is 2.20. The van der Waals surface area contributed by atoms with Crippen molar-refractivity contribution in [1.82, 2.24) is 14.9 Å². The molecule has 5 heteroatoms. The minimum Gasteiger partial charge on any atom is -0.493 e. The van der Waals surface area contributed by atoms with Crippen molar-refractivity contribution >= 4 is 16.9 Å². The molecular formula is C26H33N3O2. The summed E-state index contributed by atoms with van der Waals surface area (Å²) in [6, 6.07) is 14.6. The lowest BCUT2D eigenvalue weighted by Crippen LogP contribution is -2.25. The molecule has 1 aromatic heterocycles. The number of fused-ring (bicyclic) bond motifs is 1. The molecule has 1 heterocycles. The molecule has 0 saturated heterocycles. The van der Waals surface area contributed by atoms with E-state index in [9.17, 15) is 4.79 Å². The van der Waals surface area contributed by atoms with Crippen molar-refractivity contribution in [2.45, 2.75) is 53.0 Å². The van der Waals surface area contributed by atoms with Gasteiger partial charge in [0, 0.05) is 25.1 Å². The maximum absolute atomic E-state index is 11.7. The van der Waals surface area contributed by atoms with Crippen LogP contribution >= 0.6 is 0 Å². The Hall–Kier alpha value is -3.08. The number of amides is 1. The molecule has 31 heavy (non-hydrogen) atoms. The lowest BCUT2D eigenvalue weighted by Gasteiger charge is -2.12. The van der Waals surface area contributed by atoms with E-state index in [4.69, 9.17) is 9.72 Å². The van der Waals surface area contributed by atoms with E-state index >= 15 is 0 Å². The van der Waals surface area contributed by atoms with Crippen molar-refractivity contribution in [3.8, 4) is 5.75 Å². The van der Waals surface area contributed by atoms with Crippen molar-refractivity contribution in [3.05, 3.63) is 71.6 Å². The predicted molar refractivity (Wildman–Crippen MR) is 127 cm³/mol. The molecule has 0 bridgehead atoms. The molecule has 0 spiro atoms. The van der Waals surface area contributed by atoms with Crippen LogP contribution in [0.3, 0.4) is 0 Å². The highest BCUT2D eigenvalue weighted by Gasteiger charge is 2.10. The number of aryl methyl sites for hydroxylation is 4. The second-order valence-corrected chi connectivity index (χ2v) is 8.13. The molecule has 0 aliphatic rings. The Morgan fingerprint density at radius 2 is 1.94 bits per heavy atom. The largest absolute Gasteiger partial charge is 0.493 e. The normalized spacial score (nSPS) is 10.9. The molecule has 3 aromatic rings. The van der Waals surface area contributed by atoms with Crippen LogP contribution in [0.15, 0.2) is 54.6 Å². The Morgan fingerprint density at radius 3 is 2.71 bits per heavy atom. The van der Waals surface area contributed by atoms with Gasteiger partial charge in [0.25, 0.3) is 0 Å². The fraction of sp³-hybridized carbons (Fsp3) is 0.385. The van der Waals surface area contributed by atoms with Gasteiger partial charge in [0.1, 0.15) is 11.6 Å². The van der Waals surface area contributed by atoms with E-state index < -0.39 is 0 Å². The summed E-state index contributed by atoms with van der Waals surface area (Å²) >= 11 is 0. The predicted octanol–water partition coefficient (Wildman–Crippen LogP) is 5.14. The summed E-state index contributed by atoms with van der Waals surface area (Å²) in [6.07, 6.45) is 3.67. The summed E-state index contributed by atoms with van der Waals surface area (Å²) in [6.45, 7) is 11.8. The van der Waals surface area contributed by atoms with Gasteiger partial charge < -0.3 is 14.6 Å². The summed E-state index contributed by atoms with van der Waals surface area (Å²) in [5.41, 5.74) is 5.16. The molecule has 0 aliphatic carbocycles. The Bertz CT molecular complexity index is 1050. The molecule has 3 rings (SSSR count). The number of imidazole rings is 1. The van der Waals surface area contributed by atoms with Crippen LogP contribution in [0.5, 0.6) is 5.75 Å². The summed E-state index contributed by atoms with van der Waals surface area (Å²) in [4.78, 5) is 16.5. The molecule has 5 nitrogen and oxygen atoms in total. The lowest BCUT2D eigenvalue weighted by molar-refractivity contribution is -0.117. The van der Waals surface area contributed by atoms with Crippen molar-refractivity contribution in [1.29, 1.82) is 0 Å². The average Bonchev–Trinajstić information content (AvgIpc) is 3.09. The van der Waals surface area contributed by atoms with Gasteiger partial charge in [0.15, 0.2) is 0 Å². The second-order valence-electron chi connectivity index (χ2n) is 8.13. The molecule has 0 unspecified atom stereocenters. The van der Waals surface area contributed by atoms with E-state index in [2.05, 4.69) is 66.7 Å². The van der Waals surface area contributed by atoms with Crippen molar-refractivity contribution < 1.29 is 9.53 Å². The first-order valence-corrected chi connectivity index (χ1v) is 11.0. The molecule has 2 aromatic carbocycles. The number of para-hydroxylation sites is 2. The van der Waals surface area contributed by atoms with E-state index in [-0.39, 0.29) is 5.91 Å². The zero-order valence-electron chi connectivity index (χ0n) is 18.9. The lowest BCUT2D eigenvalue weighted by atomic mass is 10.1. The summed E-state index contributed by atoms with van der Waals surface area (Å²) in [7, 11) is 0. The maximum atomic E-state index is 11.7. The number of nitrogens with one attached hydrogen (secondary N) is 1. The number of unbranched alkanes of at least 4 members (excludes halogenated alkanes) is 1. The third kappa shape index (κ3) is 6.20. The molecule has 1 amide bonds. The molecule has 1 N–H and O–H groups in total. The molecule has 0 fully saturated rings. The Balaban J connectivity index is 1.54. The second kappa shape index (κ2) is 10.8. The van der Waals surface area contributed by atoms with Crippen LogP contribution < -0.4 is 10.1 Å². The van der Waals surface area contributed by atoms with Gasteiger partial charge in [-0.15, -0.1) is 0 Å². The zero-order chi connectivity index (χ0) is 22.2. The first-order chi connectivity index (χ1) is 15.0. The Labute approximate surface area is 185 Å². The number of hydrogen-bond donors (Lipinski definition) is 1. The van der Waals surface area contributed by atoms with Crippen LogP contribution in [-0.4, -0.2) is 28.6 Å². The monoisotopic (exact) mass is 419 g/mol. The smallest absolute Gasteiger partial charge is 0.246 e. The molecule has 0 saturated carbocycles. The number of hydrogen-bond acceptors (Lipinski definition) is 3. The minimum absolute atomic E-state index is 0.0858. The molecule has 0 radical (unpaired) electrons. The van der Waals surface area contributed by atoms with Crippen molar-refractivity contribution in [2.75, 3.05) is 13.2 Å². The zero-order valence-corrected chi connectivity index (χ0v) is 18.9. The van der Waals surface area contributed by atoms with Crippen LogP contribution in [-0.2, 0) is 17.8 Å². The number of rotatable bonds is 11. The topological polar surface area (TPSA) is 56.2 Å². The highest BCUT2D eigenvalue weighted by atomic mass is 16.5. The van der Waals surface area contributed by atoms with Gasteiger partial charge in [-0.1, -0.05) is 36.4 Å². The molecule has 164 valence electrons. The van der Waals surface area contributed by atoms with Crippen molar-refractivity contribution in [3.63, 3.8) is 0 Å². The third-order valence-electron chi connectivity index (χ3n) is 5.35. The van der Waals surface area contributed by atoms with E-state index in [1.165, 1.54) is 16.6 Å². The maximum Gasteiger partial charge on any atom is 0.246 e. The molecule has 0 aliphatic heterocycles. The third-order valence-corrected chi connectivity index (χ3v) is 5.35. The number of carbonyl (C=O) groups excluding carboxylic acids is 1. The number of carbonyl (C=O) groups is 1. The highest BCUT2D eigenvalue weighted by molar-refractivity contribution is 5.92. The minimum atomic E-state index is -0.0858. The van der Waals surface area contributed by atoms with Crippen LogP contribution in [0.25, 0.3) is 11.0 Å².